The molecule has 12 rings (SSSR count). The highest BCUT2D eigenvalue weighted by Crippen LogP contribution is 2.40. The number of para-hydroxylation sites is 3. The standard InChI is InChI=1S/C61H42N4O/c1-42-35-60(62-40-55(42)46-25-12-5-13-26-46)65-56-30-15-14-29-51(56)52-34-33-50(39-59(52)65)66-49-28-18-27-48(38-49)63-41-64(58-32-17-16-31-57(58)63)61-53(44-21-8-3-9-22-44)36-47(43-19-6-2-7-20-43)37-54(61)45-23-10-4-11-24-45/h2-40H,1H3/i1D3,2D,3D,4D,5D,6D,7D,8D,9D,10D,11D,12D,13D,19D,20D,21D,22D,23D,24D,25D,26D. The van der Waals surface area contributed by atoms with E-state index in [0.29, 0.717) is 33.5 Å². The van der Waals surface area contributed by atoms with Crippen molar-refractivity contribution in [1.82, 2.24) is 14.1 Å². The predicted octanol–water partition coefficient (Wildman–Crippen LogP) is 15.0. The van der Waals surface area contributed by atoms with Gasteiger partial charge in [-0.1, -0.05) is 169 Å². The number of aromatic nitrogens is 4. The highest BCUT2D eigenvalue weighted by molar-refractivity contribution is 6.09. The molecule has 0 aliphatic carbocycles. The van der Waals surface area contributed by atoms with Crippen LogP contribution in [0.3, 0.4) is 0 Å². The molecule has 0 saturated carbocycles. The Labute approximate surface area is 415 Å². The summed E-state index contributed by atoms with van der Waals surface area (Å²) < 4.78 is 212. The maximum absolute atomic E-state index is 9.31. The van der Waals surface area contributed by atoms with Crippen LogP contribution in [-0.2, 0) is 0 Å². The molecule has 0 fully saturated rings. The SMILES string of the molecule is [2H]c1c([2H])c([2H])c(-c2cc(-c3c([2H])c([2H])c([2H])c([2H])c3[2H])c(-[n+]3[c-]n(-c4cccc(Oc5ccc6c7ccccc7n(-c7cc(C([2H])([2H])[2H])c(-c8c([2H])c([2H])c([2H])c([2H])c8[2H])cn7)c6c5)c4)c4ccccc43)c(-c3c([2H])c([2H])c([2H])c([2H])c3[2H])c2)c([2H])c1[2H]. The van der Waals surface area contributed by atoms with Crippen LogP contribution in [0.15, 0.2) is 236 Å². The summed E-state index contributed by atoms with van der Waals surface area (Å²) in [5.41, 5.74) is -0.625. The molecule has 0 amide bonds. The number of rotatable bonds is 9. The third kappa shape index (κ3) is 6.91. The third-order valence-electron chi connectivity index (χ3n) is 11.1. The Morgan fingerprint density at radius 3 is 1.79 bits per heavy atom. The smallest absolute Gasteiger partial charge is 0.269 e. The molecule has 0 atom stereocenters. The quantitative estimate of drug-likeness (QED) is 0.107. The van der Waals surface area contributed by atoms with Crippen LogP contribution in [0.1, 0.15) is 37.1 Å². The Hall–Kier alpha value is -8.80. The van der Waals surface area contributed by atoms with Gasteiger partial charge in [0.25, 0.3) is 6.33 Å². The van der Waals surface area contributed by atoms with Gasteiger partial charge in [-0.2, -0.15) is 0 Å². The van der Waals surface area contributed by atoms with Crippen LogP contribution in [0.5, 0.6) is 11.5 Å². The van der Waals surface area contributed by atoms with Crippen molar-refractivity contribution in [2.45, 2.75) is 6.85 Å². The van der Waals surface area contributed by atoms with E-state index in [1.807, 2.05) is 24.3 Å². The van der Waals surface area contributed by atoms with E-state index in [2.05, 4.69) is 11.3 Å². The van der Waals surface area contributed by atoms with Crippen LogP contribution in [0.25, 0.3) is 94.5 Å². The minimum absolute atomic E-state index is 0.133. The van der Waals surface area contributed by atoms with Crippen LogP contribution in [0.4, 0.5) is 0 Å². The molecule has 0 N–H and O–H groups in total. The Morgan fingerprint density at radius 2 is 1.11 bits per heavy atom. The molecule has 0 unspecified atom stereocenters. The molecular formula is C61H42N4O. The van der Waals surface area contributed by atoms with Gasteiger partial charge in [-0.3, -0.25) is 13.7 Å². The van der Waals surface area contributed by atoms with Gasteiger partial charge in [-0.15, -0.1) is 0 Å². The summed E-state index contributed by atoms with van der Waals surface area (Å²) >= 11 is 0. The first-order valence-electron chi connectivity index (χ1n) is 31.9. The number of ether oxygens (including phenoxy) is 1. The molecule has 5 heteroatoms. The zero-order valence-corrected chi connectivity index (χ0v) is 34.2. The van der Waals surface area contributed by atoms with Crippen molar-refractivity contribution in [3.05, 3.63) is 248 Å². The van der Waals surface area contributed by atoms with Gasteiger partial charge in [0.15, 0.2) is 0 Å². The fourth-order valence-corrected chi connectivity index (χ4v) is 8.22. The van der Waals surface area contributed by atoms with Crippen molar-refractivity contribution < 1.29 is 40.8 Å². The number of benzene rings is 9. The molecule has 312 valence electrons. The van der Waals surface area contributed by atoms with E-state index < -0.39 is 144 Å². The Morgan fingerprint density at radius 1 is 0.515 bits per heavy atom. The highest BCUT2D eigenvalue weighted by atomic mass is 16.5. The zero-order chi connectivity index (χ0) is 63.9. The average molecular weight is 870 g/mol. The Kier molecular flexibility index (Phi) is 5.40. The van der Waals surface area contributed by atoms with Gasteiger partial charge in [0.2, 0.25) is 0 Å². The largest absolute Gasteiger partial charge is 0.458 e. The lowest BCUT2D eigenvalue weighted by Gasteiger charge is -2.19. The van der Waals surface area contributed by atoms with E-state index in [0.717, 1.165) is 10.8 Å². The van der Waals surface area contributed by atoms with Crippen LogP contribution in [0, 0.1) is 13.2 Å². The minimum atomic E-state index is -2.85. The molecule has 0 aliphatic heterocycles. The lowest BCUT2D eigenvalue weighted by atomic mass is 9.91. The van der Waals surface area contributed by atoms with Gasteiger partial charge in [-0.05, 0) is 106 Å². The maximum atomic E-state index is 9.31. The monoisotopic (exact) mass is 869 g/mol. The second-order valence-corrected chi connectivity index (χ2v) is 14.9. The molecule has 0 aliphatic rings. The summed E-state index contributed by atoms with van der Waals surface area (Å²) in [6, 6.07) is 15.9. The molecule has 0 spiro atoms. The molecule has 0 saturated heterocycles. The van der Waals surface area contributed by atoms with E-state index >= 15 is 0 Å². The van der Waals surface area contributed by atoms with Crippen molar-refractivity contribution in [3.63, 3.8) is 0 Å². The van der Waals surface area contributed by atoms with Crippen LogP contribution >= 0.6 is 0 Å². The fraction of sp³-hybridized carbons (Fsp3) is 0.0164. The van der Waals surface area contributed by atoms with E-state index in [-0.39, 0.29) is 50.6 Å². The van der Waals surface area contributed by atoms with Gasteiger partial charge in [-0.25, -0.2) is 4.98 Å². The minimum Gasteiger partial charge on any atom is -0.458 e. The summed E-state index contributed by atoms with van der Waals surface area (Å²) in [5, 5.41) is 1.48. The normalized spacial score (nSPS) is 16.5. The van der Waals surface area contributed by atoms with Crippen LogP contribution in [-0.4, -0.2) is 14.1 Å². The van der Waals surface area contributed by atoms with Gasteiger partial charge >= 0.3 is 0 Å². The van der Waals surface area contributed by atoms with Crippen LogP contribution < -0.4 is 9.30 Å². The topological polar surface area (TPSA) is 35.9 Å². The molecule has 3 aromatic heterocycles. The van der Waals surface area contributed by atoms with Crippen molar-refractivity contribution in [1.29, 1.82) is 0 Å². The third-order valence-corrected chi connectivity index (χ3v) is 11.1. The molecule has 66 heavy (non-hydrogen) atoms. The van der Waals surface area contributed by atoms with E-state index in [1.54, 1.807) is 75.9 Å². The lowest BCUT2D eigenvalue weighted by molar-refractivity contribution is -0.571. The van der Waals surface area contributed by atoms with Gasteiger partial charge in [0.05, 0.1) is 60.9 Å². The summed E-state index contributed by atoms with van der Waals surface area (Å²) in [6.45, 7) is -2.85. The Bertz CT molecular complexity index is 4870. The second kappa shape index (κ2) is 16.4. The number of hydrogen-bond acceptors (Lipinski definition) is 2. The molecule has 0 radical (unpaired) electrons. The maximum Gasteiger partial charge on any atom is 0.269 e. The molecule has 5 nitrogen and oxygen atoms in total. The number of fused-ring (bicyclic) bond motifs is 4. The second-order valence-electron chi connectivity index (χ2n) is 14.9. The number of pyridine rings is 1. The fourth-order valence-electron chi connectivity index (χ4n) is 8.22. The van der Waals surface area contributed by atoms with E-state index in [1.165, 1.54) is 29.0 Å². The zero-order valence-electron chi connectivity index (χ0n) is 57.2. The first kappa shape index (κ1) is 21.7. The molecule has 3 heterocycles. The molecule has 12 aromatic rings. The Balaban J connectivity index is 1.06. The number of nitrogens with zero attached hydrogens (tertiary/aromatic N) is 4. The van der Waals surface area contributed by atoms with Crippen molar-refractivity contribution >= 4 is 32.8 Å². The molecule has 0 bridgehead atoms. The summed E-state index contributed by atoms with van der Waals surface area (Å²) in [5.74, 6) is 0.706. The summed E-state index contributed by atoms with van der Waals surface area (Å²) in [4.78, 5) is 4.67. The summed E-state index contributed by atoms with van der Waals surface area (Å²) in [6.07, 6.45) is 4.51. The van der Waals surface area contributed by atoms with Crippen molar-refractivity contribution in [2.24, 2.45) is 0 Å². The van der Waals surface area contributed by atoms with Crippen molar-refractivity contribution in [2.75, 3.05) is 0 Å². The predicted molar refractivity (Wildman–Crippen MR) is 269 cm³/mol. The number of imidazole rings is 1. The number of aryl methyl sites for hydroxylation is 1. The number of hydrogen-bond donors (Lipinski definition) is 0. The molecular weight excluding hydrogens is 805 g/mol. The first-order valence-corrected chi connectivity index (χ1v) is 20.4. The lowest BCUT2D eigenvalue weighted by Crippen LogP contribution is -2.31. The van der Waals surface area contributed by atoms with Gasteiger partial charge in [0.1, 0.15) is 17.3 Å². The van der Waals surface area contributed by atoms with Gasteiger partial charge < -0.3 is 4.74 Å². The van der Waals surface area contributed by atoms with Gasteiger partial charge in [0, 0.05) is 32.7 Å². The first-order chi connectivity index (χ1) is 42.1. The van der Waals surface area contributed by atoms with E-state index in [4.69, 9.17) is 30.8 Å². The molecule has 9 aromatic carbocycles. The van der Waals surface area contributed by atoms with Crippen LogP contribution in [0.2, 0.25) is 0 Å². The van der Waals surface area contributed by atoms with E-state index in [9.17, 15) is 5.48 Å². The average Bonchev–Trinajstić information content (AvgIpc) is 1.75. The summed E-state index contributed by atoms with van der Waals surface area (Å²) in [7, 11) is 0. The highest BCUT2D eigenvalue weighted by Gasteiger charge is 2.22. The van der Waals surface area contributed by atoms with Crippen molar-refractivity contribution in [3.8, 4) is 73.2 Å².